The van der Waals surface area contributed by atoms with Gasteiger partial charge in [-0.3, -0.25) is 4.79 Å². The van der Waals surface area contributed by atoms with Crippen molar-refractivity contribution in [3.8, 4) is 11.1 Å². The topological polar surface area (TPSA) is 112 Å². The number of rotatable bonds is 8. The summed E-state index contributed by atoms with van der Waals surface area (Å²) >= 11 is 0. The first kappa shape index (κ1) is 22.7. The number of amides is 2. The molecule has 1 saturated carbocycles. The van der Waals surface area contributed by atoms with E-state index in [9.17, 15) is 19.5 Å². The highest BCUT2D eigenvalue weighted by atomic mass is 16.5. The molecule has 0 bridgehead atoms. The summed E-state index contributed by atoms with van der Waals surface area (Å²) in [5.74, 6) is -1.60. The maximum Gasteiger partial charge on any atom is 0.407 e. The summed E-state index contributed by atoms with van der Waals surface area (Å²) in [5.41, 5.74) is 3.99. The van der Waals surface area contributed by atoms with Crippen LogP contribution in [0.25, 0.3) is 11.1 Å². The lowest BCUT2D eigenvalue weighted by Gasteiger charge is -2.29. The number of nitrogens with zero attached hydrogens (tertiary/aromatic N) is 1. The number of alkyl carbamates (subject to hydrolysis) is 1. The molecular formula is C27H27N3O5. The van der Waals surface area contributed by atoms with Crippen molar-refractivity contribution >= 4 is 18.0 Å². The zero-order valence-corrected chi connectivity index (χ0v) is 19.4. The molecule has 2 aliphatic rings. The number of H-pyrrole nitrogens is 1. The molecule has 0 aliphatic heterocycles. The Hall–Kier alpha value is -4.07. The van der Waals surface area contributed by atoms with Crippen LogP contribution in [0.1, 0.15) is 35.6 Å². The largest absolute Gasteiger partial charge is 0.479 e. The van der Waals surface area contributed by atoms with Crippen molar-refractivity contribution in [2.24, 2.45) is 0 Å². The normalized spacial score (nSPS) is 16.0. The Bertz CT molecular complexity index is 1220. The van der Waals surface area contributed by atoms with Gasteiger partial charge in [-0.05, 0) is 47.2 Å². The van der Waals surface area contributed by atoms with Gasteiger partial charge in [-0.15, -0.1) is 0 Å². The first-order valence-electron chi connectivity index (χ1n) is 11.7. The fourth-order valence-corrected chi connectivity index (χ4v) is 4.95. The number of aromatic amines is 1. The summed E-state index contributed by atoms with van der Waals surface area (Å²) in [7, 11) is 1.48. The van der Waals surface area contributed by atoms with E-state index >= 15 is 0 Å². The number of benzene rings is 2. The van der Waals surface area contributed by atoms with Crippen LogP contribution >= 0.6 is 0 Å². The summed E-state index contributed by atoms with van der Waals surface area (Å²) < 4.78 is 5.62. The van der Waals surface area contributed by atoms with Crippen LogP contribution in [0.15, 0.2) is 66.9 Å². The quantitative estimate of drug-likeness (QED) is 0.463. The molecule has 1 unspecified atom stereocenters. The standard InChI is InChI=1S/C27H27N3O5/c1-30(27(12-13-27)25(32)33)24(31)23(15-17-7-6-14-28-17)29-26(34)35-16-22-20-10-4-2-8-18(20)19-9-3-5-11-21(19)22/h2-11,14,22-23,28H,12-13,15-16H2,1H3,(H,29,34)(H,32,33). The van der Waals surface area contributed by atoms with Crippen LogP contribution < -0.4 is 5.32 Å². The van der Waals surface area contributed by atoms with E-state index in [0.29, 0.717) is 12.8 Å². The summed E-state index contributed by atoms with van der Waals surface area (Å²) in [5, 5.41) is 12.3. The smallest absolute Gasteiger partial charge is 0.407 e. The average Bonchev–Trinajstić information content (AvgIpc) is 3.41. The van der Waals surface area contributed by atoms with Crippen molar-refractivity contribution in [1.29, 1.82) is 0 Å². The van der Waals surface area contributed by atoms with Crippen LogP contribution in [0.4, 0.5) is 4.79 Å². The highest BCUT2D eigenvalue weighted by Gasteiger charge is 2.56. The molecular weight excluding hydrogens is 446 g/mol. The number of carbonyl (C=O) groups excluding carboxylic acids is 2. The predicted octanol–water partition coefficient (Wildman–Crippen LogP) is 3.54. The van der Waals surface area contributed by atoms with Crippen molar-refractivity contribution < 1.29 is 24.2 Å². The van der Waals surface area contributed by atoms with E-state index in [4.69, 9.17) is 4.74 Å². The Kier molecular flexibility index (Phi) is 5.80. The molecule has 0 spiro atoms. The average molecular weight is 474 g/mol. The molecule has 1 heterocycles. The van der Waals surface area contributed by atoms with Gasteiger partial charge in [-0.25, -0.2) is 9.59 Å². The van der Waals surface area contributed by atoms with Crippen molar-refractivity contribution in [3.05, 3.63) is 83.7 Å². The van der Waals surface area contributed by atoms with E-state index in [1.165, 1.54) is 11.9 Å². The minimum Gasteiger partial charge on any atom is -0.479 e. The van der Waals surface area contributed by atoms with Crippen LogP contribution in [0.5, 0.6) is 0 Å². The van der Waals surface area contributed by atoms with Crippen LogP contribution in [0.3, 0.4) is 0 Å². The van der Waals surface area contributed by atoms with Gasteiger partial charge in [0, 0.05) is 31.3 Å². The Morgan fingerprint density at radius 2 is 1.69 bits per heavy atom. The van der Waals surface area contributed by atoms with Crippen molar-refractivity contribution in [2.45, 2.75) is 36.8 Å². The predicted molar refractivity (Wildman–Crippen MR) is 129 cm³/mol. The third-order valence-corrected chi connectivity index (χ3v) is 7.11. The molecule has 180 valence electrons. The lowest BCUT2D eigenvalue weighted by Crippen LogP contribution is -2.54. The number of carboxylic acid groups (broad SMARTS) is 1. The second-order valence-electron chi connectivity index (χ2n) is 9.16. The number of hydrogen-bond donors (Lipinski definition) is 3. The minimum atomic E-state index is -1.20. The van der Waals surface area contributed by atoms with E-state index in [0.717, 1.165) is 27.9 Å². The molecule has 0 radical (unpaired) electrons. The van der Waals surface area contributed by atoms with Gasteiger partial charge in [0.1, 0.15) is 18.2 Å². The van der Waals surface area contributed by atoms with Crippen LogP contribution in [-0.4, -0.2) is 58.2 Å². The molecule has 8 heteroatoms. The number of nitrogens with one attached hydrogen (secondary N) is 2. The molecule has 3 aromatic rings. The number of carbonyl (C=O) groups is 3. The molecule has 0 saturated heterocycles. The van der Waals surface area contributed by atoms with Gasteiger partial charge < -0.3 is 25.0 Å². The van der Waals surface area contributed by atoms with Gasteiger partial charge in [-0.2, -0.15) is 0 Å². The molecule has 3 N–H and O–H groups in total. The zero-order chi connectivity index (χ0) is 24.6. The number of carboxylic acids is 1. The maximum atomic E-state index is 13.3. The summed E-state index contributed by atoms with van der Waals surface area (Å²) in [6.45, 7) is 0.123. The highest BCUT2D eigenvalue weighted by Crippen LogP contribution is 2.44. The third kappa shape index (κ3) is 4.16. The minimum absolute atomic E-state index is 0.102. The van der Waals surface area contributed by atoms with Crippen molar-refractivity contribution in [1.82, 2.24) is 15.2 Å². The fraction of sp³-hybridized carbons (Fsp3) is 0.296. The van der Waals surface area contributed by atoms with Gasteiger partial charge in [0.15, 0.2) is 0 Å². The van der Waals surface area contributed by atoms with E-state index in [1.54, 1.807) is 12.3 Å². The Morgan fingerprint density at radius 1 is 1.06 bits per heavy atom. The molecule has 1 atom stereocenters. The zero-order valence-electron chi connectivity index (χ0n) is 19.4. The van der Waals surface area contributed by atoms with E-state index < -0.39 is 29.6 Å². The number of likely N-dealkylation sites (N-methyl/N-ethyl adjacent to an activating group) is 1. The first-order valence-corrected chi connectivity index (χ1v) is 11.7. The van der Waals surface area contributed by atoms with Gasteiger partial charge >= 0.3 is 12.1 Å². The molecule has 35 heavy (non-hydrogen) atoms. The first-order chi connectivity index (χ1) is 16.9. The maximum absolute atomic E-state index is 13.3. The lowest BCUT2D eigenvalue weighted by atomic mass is 9.98. The number of aliphatic carboxylic acids is 1. The molecule has 1 fully saturated rings. The highest BCUT2D eigenvalue weighted by molar-refractivity contribution is 5.93. The summed E-state index contributed by atoms with van der Waals surface area (Å²) in [6.07, 6.45) is 1.99. The SMILES string of the molecule is CN(C(=O)C(Cc1ccc[nH]1)NC(=O)OCC1c2ccccc2-c2ccccc21)C1(C(=O)O)CC1. The van der Waals surface area contributed by atoms with Gasteiger partial charge in [0.25, 0.3) is 0 Å². The molecule has 2 aromatic carbocycles. The molecule has 1 aromatic heterocycles. The van der Waals surface area contributed by atoms with Crippen LogP contribution in [0.2, 0.25) is 0 Å². The third-order valence-electron chi connectivity index (χ3n) is 7.11. The molecule has 2 amide bonds. The van der Waals surface area contributed by atoms with E-state index in [2.05, 4.69) is 22.4 Å². The number of ether oxygens (including phenoxy) is 1. The van der Waals surface area contributed by atoms with Gasteiger partial charge in [-0.1, -0.05) is 48.5 Å². The van der Waals surface area contributed by atoms with Gasteiger partial charge in [0.2, 0.25) is 5.91 Å². The summed E-state index contributed by atoms with van der Waals surface area (Å²) in [6, 6.07) is 18.7. The van der Waals surface area contributed by atoms with Crippen LogP contribution in [-0.2, 0) is 20.7 Å². The number of hydrogen-bond acceptors (Lipinski definition) is 4. The Labute approximate surface area is 202 Å². The number of aromatic nitrogens is 1. The Morgan fingerprint density at radius 3 is 2.23 bits per heavy atom. The van der Waals surface area contributed by atoms with Crippen molar-refractivity contribution in [2.75, 3.05) is 13.7 Å². The second-order valence-corrected chi connectivity index (χ2v) is 9.16. The lowest BCUT2D eigenvalue weighted by molar-refractivity contribution is -0.151. The van der Waals surface area contributed by atoms with E-state index in [1.807, 2.05) is 42.5 Å². The Balaban J connectivity index is 1.30. The number of fused-ring (bicyclic) bond motifs is 3. The van der Waals surface area contributed by atoms with Crippen LogP contribution in [0, 0.1) is 0 Å². The monoisotopic (exact) mass is 473 g/mol. The fourth-order valence-electron chi connectivity index (χ4n) is 4.95. The molecule has 2 aliphatic carbocycles. The molecule has 8 nitrogen and oxygen atoms in total. The van der Waals surface area contributed by atoms with E-state index in [-0.39, 0.29) is 18.9 Å². The molecule has 5 rings (SSSR count). The van der Waals surface area contributed by atoms with Gasteiger partial charge in [0.05, 0.1) is 0 Å². The summed E-state index contributed by atoms with van der Waals surface area (Å²) in [4.78, 5) is 42.1. The second kappa shape index (κ2) is 8.94. The van der Waals surface area contributed by atoms with Crippen molar-refractivity contribution in [3.63, 3.8) is 0 Å².